The van der Waals surface area contributed by atoms with E-state index in [9.17, 15) is 0 Å². The van der Waals surface area contributed by atoms with Gasteiger partial charge in [0.05, 0.1) is 12.7 Å². The number of guanidine groups is 1. The minimum absolute atomic E-state index is 0.150. The van der Waals surface area contributed by atoms with E-state index >= 15 is 0 Å². The highest BCUT2D eigenvalue weighted by atomic mass is 16.5. The highest BCUT2D eigenvalue weighted by Crippen LogP contribution is 2.33. The van der Waals surface area contributed by atoms with Crippen molar-refractivity contribution < 1.29 is 14.2 Å². The van der Waals surface area contributed by atoms with Crippen LogP contribution in [0.25, 0.3) is 0 Å². The zero-order chi connectivity index (χ0) is 20.4. The van der Waals surface area contributed by atoms with Crippen LogP contribution in [0.5, 0.6) is 5.75 Å². The molecular weight excluding hydrogens is 354 g/mol. The largest absolute Gasteiger partial charge is 0.491 e. The molecule has 1 aliphatic rings. The molecule has 0 saturated carbocycles. The Morgan fingerprint density at radius 1 is 1.18 bits per heavy atom. The first-order valence-electron chi connectivity index (χ1n) is 10.2. The Bertz CT molecular complexity index is 596. The summed E-state index contributed by atoms with van der Waals surface area (Å²) < 4.78 is 16.7. The summed E-state index contributed by atoms with van der Waals surface area (Å²) in [5.74, 6) is 2.17. The summed E-state index contributed by atoms with van der Waals surface area (Å²) in [6.07, 6.45) is 2.60. The van der Waals surface area contributed by atoms with Crippen molar-refractivity contribution >= 4 is 5.96 Å². The Kier molecular flexibility index (Phi) is 9.06. The Morgan fingerprint density at radius 2 is 1.93 bits per heavy atom. The molecule has 0 radical (unpaired) electrons. The highest BCUT2D eigenvalue weighted by Gasteiger charge is 2.35. The predicted octanol–water partition coefficient (Wildman–Crippen LogP) is 3.22. The van der Waals surface area contributed by atoms with E-state index in [2.05, 4.69) is 48.5 Å². The maximum Gasteiger partial charge on any atom is 0.191 e. The summed E-state index contributed by atoms with van der Waals surface area (Å²) in [5, 5.41) is 6.87. The Hall–Kier alpha value is -1.79. The molecule has 6 heteroatoms. The first kappa shape index (κ1) is 22.5. The molecule has 0 spiro atoms. The van der Waals surface area contributed by atoms with Crippen molar-refractivity contribution in [3.8, 4) is 5.75 Å². The molecule has 28 heavy (non-hydrogen) atoms. The Balaban J connectivity index is 1.79. The number of hydrogen-bond acceptors (Lipinski definition) is 4. The van der Waals surface area contributed by atoms with Crippen LogP contribution in [0.1, 0.15) is 39.2 Å². The second kappa shape index (κ2) is 11.3. The first-order valence-corrected chi connectivity index (χ1v) is 10.2. The van der Waals surface area contributed by atoms with Crippen LogP contribution in [0.4, 0.5) is 0 Å². The maximum absolute atomic E-state index is 6.08. The third-order valence-corrected chi connectivity index (χ3v) is 4.99. The van der Waals surface area contributed by atoms with Gasteiger partial charge in [-0.25, -0.2) is 0 Å². The molecule has 0 aromatic heterocycles. The molecule has 1 aromatic carbocycles. The molecule has 6 nitrogen and oxygen atoms in total. The lowest BCUT2D eigenvalue weighted by molar-refractivity contribution is -0.0835. The van der Waals surface area contributed by atoms with Crippen LogP contribution in [0.2, 0.25) is 0 Å². The number of aliphatic imine (C=N–C) groups is 1. The van der Waals surface area contributed by atoms with E-state index in [4.69, 9.17) is 14.2 Å². The molecule has 1 saturated heterocycles. The molecule has 0 bridgehead atoms. The lowest BCUT2D eigenvalue weighted by Gasteiger charge is -2.40. The van der Waals surface area contributed by atoms with Crippen molar-refractivity contribution in [2.45, 2.75) is 46.3 Å². The molecule has 1 fully saturated rings. The molecule has 158 valence electrons. The van der Waals surface area contributed by atoms with Crippen molar-refractivity contribution in [1.82, 2.24) is 10.6 Å². The fraction of sp³-hybridized carbons (Fsp3) is 0.682. The summed E-state index contributed by atoms with van der Waals surface area (Å²) in [6, 6.07) is 8.09. The van der Waals surface area contributed by atoms with Gasteiger partial charge in [-0.1, -0.05) is 32.9 Å². The van der Waals surface area contributed by atoms with E-state index < -0.39 is 0 Å². The van der Waals surface area contributed by atoms with Crippen molar-refractivity contribution in [1.29, 1.82) is 0 Å². The average molecular weight is 392 g/mol. The van der Waals surface area contributed by atoms with E-state index in [0.717, 1.165) is 31.3 Å². The van der Waals surface area contributed by atoms with Gasteiger partial charge in [0.25, 0.3) is 0 Å². The summed E-state index contributed by atoms with van der Waals surface area (Å²) in [6.45, 7) is 10.4. The van der Waals surface area contributed by atoms with Crippen molar-refractivity contribution in [2.24, 2.45) is 16.3 Å². The standard InChI is InChI=1S/C22H37N3O3/c1-22(2,3)20-18(7-6-12-28-20)16-25-21(23-4)24-15-17-8-10-19(11-9-17)27-14-13-26-5/h8-11,18,20H,6-7,12-16H2,1-5H3,(H2,23,24,25). The number of benzene rings is 1. The number of ether oxygens (including phenoxy) is 3. The monoisotopic (exact) mass is 391 g/mol. The van der Waals surface area contributed by atoms with Gasteiger partial charge in [0.2, 0.25) is 0 Å². The van der Waals surface area contributed by atoms with Gasteiger partial charge in [0, 0.05) is 39.8 Å². The van der Waals surface area contributed by atoms with E-state index in [-0.39, 0.29) is 11.5 Å². The quantitative estimate of drug-likeness (QED) is 0.405. The number of nitrogens with zero attached hydrogens (tertiary/aromatic N) is 1. The normalized spacial score (nSPS) is 20.7. The number of rotatable bonds is 8. The summed E-state index contributed by atoms with van der Waals surface area (Å²) in [4.78, 5) is 4.36. The topological polar surface area (TPSA) is 64.1 Å². The van der Waals surface area contributed by atoms with Gasteiger partial charge in [-0.3, -0.25) is 4.99 Å². The molecule has 1 aromatic rings. The van der Waals surface area contributed by atoms with Gasteiger partial charge in [0.15, 0.2) is 5.96 Å². The molecule has 1 heterocycles. The minimum Gasteiger partial charge on any atom is -0.491 e. The van der Waals surface area contributed by atoms with Crippen LogP contribution in [0.3, 0.4) is 0 Å². The summed E-state index contributed by atoms with van der Waals surface area (Å²) >= 11 is 0. The highest BCUT2D eigenvalue weighted by molar-refractivity contribution is 5.79. The molecule has 2 N–H and O–H groups in total. The third kappa shape index (κ3) is 7.32. The lowest BCUT2D eigenvalue weighted by atomic mass is 9.78. The zero-order valence-corrected chi connectivity index (χ0v) is 18.1. The van der Waals surface area contributed by atoms with Crippen LogP contribution >= 0.6 is 0 Å². The molecule has 0 amide bonds. The van der Waals surface area contributed by atoms with Crippen LogP contribution in [-0.2, 0) is 16.0 Å². The van der Waals surface area contributed by atoms with Gasteiger partial charge in [0.1, 0.15) is 12.4 Å². The Morgan fingerprint density at radius 3 is 2.57 bits per heavy atom. The number of methoxy groups -OCH3 is 1. The SMILES string of the molecule is CN=C(NCc1ccc(OCCOC)cc1)NCC1CCCOC1C(C)(C)C. The molecule has 2 unspecified atom stereocenters. The van der Waals surface area contributed by atoms with Gasteiger partial charge in [-0.05, 0) is 36.0 Å². The molecule has 2 atom stereocenters. The Labute approximate surface area is 170 Å². The fourth-order valence-electron chi connectivity index (χ4n) is 3.59. The zero-order valence-electron chi connectivity index (χ0n) is 18.1. The van der Waals surface area contributed by atoms with E-state index in [1.165, 1.54) is 12.0 Å². The molecule has 0 aliphatic carbocycles. The molecule has 1 aliphatic heterocycles. The summed E-state index contributed by atoms with van der Waals surface area (Å²) in [5.41, 5.74) is 1.33. The van der Waals surface area contributed by atoms with Crippen molar-refractivity contribution in [3.05, 3.63) is 29.8 Å². The van der Waals surface area contributed by atoms with Crippen molar-refractivity contribution in [2.75, 3.05) is 40.5 Å². The third-order valence-electron chi connectivity index (χ3n) is 4.99. The van der Waals surface area contributed by atoms with Crippen LogP contribution in [0.15, 0.2) is 29.3 Å². The van der Waals surface area contributed by atoms with Gasteiger partial charge < -0.3 is 24.8 Å². The van der Waals surface area contributed by atoms with Crippen LogP contribution in [0, 0.1) is 11.3 Å². The predicted molar refractivity (Wildman–Crippen MR) is 114 cm³/mol. The second-order valence-corrected chi connectivity index (χ2v) is 8.35. The lowest BCUT2D eigenvalue weighted by Crippen LogP contribution is -2.47. The minimum atomic E-state index is 0.150. The van der Waals surface area contributed by atoms with Gasteiger partial charge in [-0.2, -0.15) is 0 Å². The fourth-order valence-corrected chi connectivity index (χ4v) is 3.59. The molecular formula is C22H37N3O3. The van der Waals surface area contributed by atoms with Gasteiger partial charge in [-0.15, -0.1) is 0 Å². The smallest absolute Gasteiger partial charge is 0.191 e. The van der Waals surface area contributed by atoms with Gasteiger partial charge >= 0.3 is 0 Å². The van der Waals surface area contributed by atoms with Crippen LogP contribution < -0.4 is 15.4 Å². The average Bonchev–Trinajstić information content (AvgIpc) is 2.69. The summed E-state index contributed by atoms with van der Waals surface area (Å²) in [7, 11) is 3.48. The second-order valence-electron chi connectivity index (χ2n) is 8.35. The maximum atomic E-state index is 6.08. The molecule has 2 rings (SSSR count). The van der Waals surface area contributed by atoms with Crippen LogP contribution in [-0.4, -0.2) is 52.6 Å². The number of hydrogen-bond donors (Lipinski definition) is 2. The van der Waals surface area contributed by atoms with E-state index in [0.29, 0.717) is 25.7 Å². The van der Waals surface area contributed by atoms with E-state index in [1.54, 1.807) is 14.2 Å². The van der Waals surface area contributed by atoms with E-state index in [1.807, 2.05) is 12.1 Å². The number of nitrogens with one attached hydrogen (secondary N) is 2. The first-order chi connectivity index (χ1) is 13.4. The van der Waals surface area contributed by atoms with Crippen molar-refractivity contribution in [3.63, 3.8) is 0 Å².